The molecule has 1 aromatic rings. The molecule has 0 saturated heterocycles. The largest absolute Gasteiger partial charge is 0.508 e. The molecule has 1 aromatic carbocycles. The highest BCUT2D eigenvalue weighted by Gasteiger charge is 2.34. The highest BCUT2D eigenvalue weighted by Crippen LogP contribution is 2.34. The monoisotopic (exact) mass is 279 g/mol. The summed E-state index contributed by atoms with van der Waals surface area (Å²) in [4.78, 5) is 2.06. The number of aliphatic hydroxyl groups is 1. The van der Waals surface area contributed by atoms with Crippen LogP contribution in [0.25, 0.3) is 0 Å². The lowest BCUT2D eigenvalue weighted by Gasteiger charge is -2.35. The average molecular weight is 279 g/mol. The third-order valence-corrected chi connectivity index (χ3v) is 3.34. The van der Waals surface area contributed by atoms with Crippen LogP contribution in [0.4, 0.5) is 0 Å². The Morgan fingerprint density at radius 2 is 1.95 bits per heavy atom. The third kappa shape index (κ3) is 5.35. The van der Waals surface area contributed by atoms with Crippen LogP contribution in [0.1, 0.15) is 32.8 Å². The molecule has 2 atom stereocenters. The van der Waals surface area contributed by atoms with Crippen molar-refractivity contribution in [3.05, 3.63) is 42.5 Å². The van der Waals surface area contributed by atoms with Gasteiger partial charge in [0.25, 0.3) is 0 Å². The first kappa shape index (κ1) is 18.7. The number of allylic oxidation sites excluding steroid dienone is 1. The van der Waals surface area contributed by atoms with E-state index in [1.807, 2.05) is 40.9 Å². The van der Waals surface area contributed by atoms with Gasteiger partial charge in [-0.1, -0.05) is 32.1 Å². The molecule has 1 rings (SSSR count). The SMILES string of the molecule is C=CC.CC[C@](O)(c1cccc(O)c1)C(C)CN(C)C. The highest BCUT2D eigenvalue weighted by atomic mass is 16.3. The molecule has 20 heavy (non-hydrogen) atoms. The second kappa shape index (κ2) is 8.77. The zero-order valence-electron chi connectivity index (χ0n) is 13.4. The number of phenolic OH excluding ortho intramolecular Hbond substituents is 1. The van der Waals surface area contributed by atoms with Gasteiger partial charge < -0.3 is 15.1 Å². The van der Waals surface area contributed by atoms with E-state index in [1.165, 1.54) is 0 Å². The van der Waals surface area contributed by atoms with Crippen LogP contribution >= 0.6 is 0 Å². The van der Waals surface area contributed by atoms with E-state index in [0.29, 0.717) is 6.42 Å². The zero-order chi connectivity index (χ0) is 15.8. The lowest BCUT2D eigenvalue weighted by molar-refractivity contribution is -0.0293. The molecule has 2 N–H and O–H groups in total. The van der Waals surface area contributed by atoms with Crippen molar-refractivity contribution in [1.29, 1.82) is 0 Å². The standard InChI is InChI=1S/C14H23NO2.C3H6/c1-5-14(17,11(2)10-15(3)4)12-7-6-8-13(16)9-12;1-3-2/h6-9,11,16-17H,5,10H2,1-4H3;3H,1H2,2H3/t11?,14-;/m1./s1. The number of nitrogens with zero attached hydrogens (tertiary/aromatic N) is 1. The Kier molecular flexibility index (Phi) is 8.19. The fourth-order valence-corrected chi connectivity index (χ4v) is 2.31. The molecule has 0 heterocycles. The molecule has 1 unspecified atom stereocenters. The summed E-state index contributed by atoms with van der Waals surface area (Å²) in [5, 5.41) is 20.3. The van der Waals surface area contributed by atoms with Gasteiger partial charge in [-0.2, -0.15) is 0 Å². The Balaban J connectivity index is 0.00000110. The number of aromatic hydroxyl groups is 1. The maximum Gasteiger partial charge on any atom is 0.115 e. The molecule has 0 saturated carbocycles. The minimum atomic E-state index is -0.886. The van der Waals surface area contributed by atoms with Crippen LogP contribution in [-0.2, 0) is 5.60 Å². The maximum absolute atomic E-state index is 10.8. The first-order chi connectivity index (χ1) is 9.31. The summed E-state index contributed by atoms with van der Waals surface area (Å²) in [7, 11) is 3.99. The molecular weight excluding hydrogens is 250 g/mol. The van der Waals surface area contributed by atoms with Crippen LogP contribution in [-0.4, -0.2) is 35.8 Å². The summed E-state index contributed by atoms with van der Waals surface area (Å²) in [6.45, 7) is 10.1. The van der Waals surface area contributed by atoms with Crippen LogP contribution in [0.3, 0.4) is 0 Å². The first-order valence-electron chi connectivity index (χ1n) is 7.05. The minimum Gasteiger partial charge on any atom is -0.508 e. The van der Waals surface area contributed by atoms with E-state index in [0.717, 1.165) is 12.1 Å². The molecule has 0 amide bonds. The zero-order valence-corrected chi connectivity index (χ0v) is 13.4. The van der Waals surface area contributed by atoms with E-state index in [1.54, 1.807) is 24.3 Å². The molecule has 3 heteroatoms. The molecule has 0 bridgehead atoms. The number of rotatable bonds is 5. The van der Waals surface area contributed by atoms with Gasteiger partial charge in [0, 0.05) is 12.5 Å². The van der Waals surface area contributed by atoms with Gasteiger partial charge in [-0.05, 0) is 45.1 Å². The van der Waals surface area contributed by atoms with Crippen LogP contribution in [0.15, 0.2) is 36.9 Å². The van der Waals surface area contributed by atoms with Crippen LogP contribution in [0.2, 0.25) is 0 Å². The quantitative estimate of drug-likeness (QED) is 0.812. The molecule has 0 aromatic heterocycles. The van der Waals surface area contributed by atoms with Crippen molar-refractivity contribution in [3.8, 4) is 5.75 Å². The Morgan fingerprint density at radius 3 is 2.35 bits per heavy atom. The number of hydrogen-bond acceptors (Lipinski definition) is 3. The predicted molar refractivity (Wildman–Crippen MR) is 85.9 cm³/mol. The second-order valence-electron chi connectivity index (χ2n) is 5.40. The van der Waals surface area contributed by atoms with E-state index in [2.05, 4.69) is 11.5 Å². The topological polar surface area (TPSA) is 43.7 Å². The first-order valence-corrected chi connectivity index (χ1v) is 7.05. The van der Waals surface area contributed by atoms with Crippen molar-refractivity contribution in [1.82, 2.24) is 4.90 Å². The smallest absolute Gasteiger partial charge is 0.115 e. The summed E-state index contributed by atoms with van der Waals surface area (Å²) in [5.74, 6) is 0.302. The molecule has 0 aliphatic rings. The van der Waals surface area contributed by atoms with E-state index in [-0.39, 0.29) is 11.7 Å². The van der Waals surface area contributed by atoms with Crippen molar-refractivity contribution in [2.45, 2.75) is 32.8 Å². The molecule has 0 spiro atoms. The van der Waals surface area contributed by atoms with Crippen molar-refractivity contribution in [2.24, 2.45) is 5.92 Å². The van der Waals surface area contributed by atoms with Crippen molar-refractivity contribution < 1.29 is 10.2 Å². The van der Waals surface area contributed by atoms with E-state index >= 15 is 0 Å². The molecule has 0 aliphatic carbocycles. The van der Waals surface area contributed by atoms with Gasteiger partial charge in [-0.3, -0.25) is 0 Å². The Hall–Kier alpha value is -1.32. The van der Waals surface area contributed by atoms with Gasteiger partial charge in [-0.15, -0.1) is 6.58 Å². The van der Waals surface area contributed by atoms with Crippen molar-refractivity contribution in [2.75, 3.05) is 20.6 Å². The summed E-state index contributed by atoms with van der Waals surface area (Å²) in [5.41, 5.74) is -0.0995. The fraction of sp³-hybridized carbons (Fsp3) is 0.529. The summed E-state index contributed by atoms with van der Waals surface area (Å²) < 4.78 is 0. The van der Waals surface area contributed by atoms with Gasteiger partial charge in [0.2, 0.25) is 0 Å². The summed E-state index contributed by atoms with van der Waals surface area (Å²) in [6.07, 6.45) is 2.38. The molecule has 3 nitrogen and oxygen atoms in total. The highest BCUT2D eigenvalue weighted by molar-refractivity contribution is 5.31. The Bertz CT molecular complexity index is 404. The molecule has 0 fully saturated rings. The minimum absolute atomic E-state index is 0.101. The number of hydrogen-bond donors (Lipinski definition) is 2. The molecule has 0 aliphatic heterocycles. The van der Waals surface area contributed by atoms with E-state index < -0.39 is 5.60 Å². The molecule has 0 radical (unpaired) electrons. The number of phenols is 1. The maximum atomic E-state index is 10.8. The fourth-order valence-electron chi connectivity index (χ4n) is 2.31. The third-order valence-electron chi connectivity index (χ3n) is 3.34. The van der Waals surface area contributed by atoms with Crippen LogP contribution in [0, 0.1) is 5.92 Å². The van der Waals surface area contributed by atoms with Crippen molar-refractivity contribution in [3.63, 3.8) is 0 Å². The normalized spacial score (nSPS) is 14.9. The van der Waals surface area contributed by atoms with E-state index in [4.69, 9.17) is 0 Å². The van der Waals surface area contributed by atoms with Crippen molar-refractivity contribution >= 4 is 0 Å². The molecular formula is C17H29NO2. The lowest BCUT2D eigenvalue weighted by atomic mass is 9.80. The van der Waals surface area contributed by atoms with E-state index in [9.17, 15) is 10.2 Å². The lowest BCUT2D eigenvalue weighted by Crippen LogP contribution is -2.38. The van der Waals surface area contributed by atoms with Crippen LogP contribution < -0.4 is 0 Å². The summed E-state index contributed by atoms with van der Waals surface area (Å²) in [6, 6.07) is 6.91. The van der Waals surface area contributed by atoms with Gasteiger partial charge in [-0.25, -0.2) is 0 Å². The van der Waals surface area contributed by atoms with Crippen LogP contribution in [0.5, 0.6) is 5.75 Å². The van der Waals surface area contributed by atoms with Gasteiger partial charge >= 0.3 is 0 Å². The Labute approximate surface area is 123 Å². The predicted octanol–water partition coefficient (Wildman–Crippen LogP) is 3.38. The average Bonchev–Trinajstić information content (AvgIpc) is 2.37. The molecule has 114 valence electrons. The van der Waals surface area contributed by atoms with Gasteiger partial charge in [0.05, 0.1) is 5.60 Å². The number of benzene rings is 1. The second-order valence-corrected chi connectivity index (χ2v) is 5.40. The van der Waals surface area contributed by atoms with Gasteiger partial charge in [0.1, 0.15) is 5.75 Å². The van der Waals surface area contributed by atoms with Gasteiger partial charge in [0.15, 0.2) is 0 Å². The summed E-state index contributed by atoms with van der Waals surface area (Å²) >= 11 is 0. The Morgan fingerprint density at radius 1 is 1.40 bits per heavy atom.